The van der Waals surface area contributed by atoms with E-state index in [-0.39, 0.29) is 5.91 Å². The number of aromatic nitrogens is 1. The highest BCUT2D eigenvalue weighted by Gasteiger charge is 2.13. The molecule has 0 saturated carbocycles. The zero-order chi connectivity index (χ0) is 12.6. The maximum absolute atomic E-state index is 11.5. The fourth-order valence-corrected chi connectivity index (χ4v) is 2.16. The quantitative estimate of drug-likeness (QED) is 0.591. The van der Waals surface area contributed by atoms with E-state index in [2.05, 4.69) is 22.6 Å². The molecule has 0 bridgehead atoms. The number of ether oxygens (including phenoxy) is 1. The SMILES string of the molecule is CC(=O)Oc1cn(C(C)=O)c2ccc(I)cc12. The summed E-state index contributed by atoms with van der Waals surface area (Å²) in [5.74, 6) is -0.0951. The molecule has 0 amide bonds. The molecule has 17 heavy (non-hydrogen) atoms. The standard InChI is InChI=1S/C12H10INO3/c1-7(15)14-6-12(17-8(2)16)10-5-9(13)3-4-11(10)14/h3-6H,1-2H3. The van der Waals surface area contributed by atoms with E-state index >= 15 is 0 Å². The number of hydrogen-bond acceptors (Lipinski definition) is 3. The van der Waals surface area contributed by atoms with E-state index in [1.807, 2.05) is 18.2 Å². The maximum atomic E-state index is 11.5. The van der Waals surface area contributed by atoms with Crippen LogP contribution in [0.5, 0.6) is 5.75 Å². The van der Waals surface area contributed by atoms with Crippen molar-refractivity contribution in [1.82, 2.24) is 4.57 Å². The average Bonchev–Trinajstić information content (AvgIpc) is 2.56. The molecule has 0 radical (unpaired) electrons. The molecule has 0 spiro atoms. The molecule has 0 aliphatic rings. The molecule has 4 nitrogen and oxygen atoms in total. The number of fused-ring (bicyclic) bond motifs is 1. The number of carbonyl (C=O) groups excluding carboxylic acids is 2. The lowest BCUT2D eigenvalue weighted by Gasteiger charge is -1.98. The van der Waals surface area contributed by atoms with Gasteiger partial charge in [-0.3, -0.25) is 14.2 Å². The summed E-state index contributed by atoms with van der Waals surface area (Å²) in [7, 11) is 0. The molecule has 0 aliphatic heterocycles. The molecule has 0 aliphatic carbocycles. The first-order valence-electron chi connectivity index (χ1n) is 4.99. The van der Waals surface area contributed by atoms with Crippen LogP contribution >= 0.6 is 22.6 Å². The van der Waals surface area contributed by atoms with Gasteiger partial charge in [0.2, 0.25) is 5.91 Å². The van der Waals surface area contributed by atoms with Crippen molar-refractivity contribution in [3.8, 4) is 5.75 Å². The molecular formula is C12H10INO3. The summed E-state index contributed by atoms with van der Waals surface area (Å²) < 4.78 is 7.59. The molecule has 1 heterocycles. The van der Waals surface area contributed by atoms with Crippen molar-refractivity contribution < 1.29 is 14.3 Å². The summed E-state index contributed by atoms with van der Waals surface area (Å²) >= 11 is 2.17. The molecule has 0 atom stereocenters. The second-order valence-corrected chi connectivity index (χ2v) is 4.88. The topological polar surface area (TPSA) is 48.3 Å². The van der Waals surface area contributed by atoms with E-state index in [1.54, 1.807) is 6.20 Å². The molecule has 5 heteroatoms. The number of benzene rings is 1. The van der Waals surface area contributed by atoms with Gasteiger partial charge in [-0.05, 0) is 40.8 Å². The van der Waals surface area contributed by atoms with Crippen LogP contribution in [0.25, 0.3) is 10.9 Å². The highest BCUT2D eigenvalue weighted by Crippen LogP contribution is 2.29. The third-order valence-electron chi connectivity index (χ3n) is 2.32. The first-order chi connectivity index (χ1) is 7.99. The Hall–Kier alpha value is -1.37. The third-order valence-corrected chi connectivity index (χ3v) is 2.99. The number of nitrogens with zero attached hydrogens (tertiary/aromatic N) is 1. The summed E-state index contributed by atoms with van der Waals surface area (Å²) in [4.78, 5) is 22.5. The number of carbonyl (C=O) groups is 2. The fraction of sp³-hybridized carbons (Fsp3) is 0.167. The number of esters is 1. The summed E-state index contributed by atoms with van der Waals surface area (Å²) in [5, 5.41) is 0.766. The molecule has 1 aromatic heterocycles. The second-order valence-electron chi connectivity index (χ2n) is 3.64. The highest BCUT2D eigenvalue weighted by atomic mass is 127. The lowest BCUT2D eigenvalue weighted by molar-refractivity contribution is -0.131. The van der Waals surface area contributed by atoms with Gasteiger partial charge in [-0.15, -0.1) is 0 Å². The van der Waals surface area contributed by atoms with Crippen molar-refractivity contribution >= 4 is 45.4 Å². The van der Waals surface area contributed by atoms with Gasteiger partial charge >= 0.3 is 5.97 Å². The normalized spacial score (nSPS) is 10.5. The molecule has 0 N–H and O–H groups in total. The first-order valence-corrected chi connectivity index (χ1v) is 6.07. The van der Waals surface area contributed by atoms with Gasteiger partial charge in [-0.1, -0.05) is 0 Å². The Morgan fingerprint density at radius 3 is 2.59 bits per heavy atom. The Kier molecular flexibility index (Phi) is 3.19. The summed E-state index contributed by atoms with van der Waals surface area (Å²) in [6, 6.07) is 5.62. The summed E-state index contributed by atoms with van der Waals surface area (Å²) in [6.45, 7) is 2.81. The predicted molar refractivity (Wildman–Crippen MR) is 72.3 cm³/mol. The monoisotopic (exact) mass is 343 g/mol. The maximum Gasteiger partial charge on any atom is 0.308 e. The largest absolute Gasteiger partial charge is 0.424 e. The van der Waals surface area contributed by atoms with Gasteiger partial charge in [-0.2, -0.15) is 0 Å². The van der Waals surface area contributed by atoms with E-state index in [0.717, 1.165) is 14.5 Å². The van der Waals surface area contributed by atoms with Crippen LogP contribution in [0.1, 0.15) is 18.6 Å². The second kappa shape index (κ2) is 4.48. The van der Waals surface area contributed by atoms with Crippen molar-refractivity contribution in [3.05, 3.63) is 28.0 Å². The highest BCUT2D eigenvalue weighted by molar-refractivity contribution is 14.1. The predicted octanol–water partition coefficient (Wildman–Crippen LogP) is 2.83. The Morgan fingerprint density at radius 2 is 2.00 bits per heavy atom. The summed E-state index contributed by atoms with van der Waals surface area (Å²) in [5.41, 5.74) is 0.745. The van der Waals surface area contributed by atoms with Crippen LogP contribution in [-0.2, 0) is 4.79 Å². The van der Waals surface area contributed by atoms with Crippen LogP contribution in [0.15, 0.2) is 24.4 Å². The number of hydrogen-bond donors (Lipinski definition) is 0. The third kappa shape index (κ3) is 2.33. The molecule has 1 aromatic carbocycles. The molecule has 0 unspecified atom stereocenters. The van der Waals surface area contributed by atoms with Crippen molar-refractivity contribution in [1.29, 1.82) is 0 Å². The van der Waals surface area contributed by atoms with Crippen LogP contribution in [-0.4, -0.2) is 16.4 Å². The zero-order valence-corrected chi connectivity index (χ0v) is 11.5. The lowest BCUT2D eigenvalue weighted by Crippen LogP contribution is -2.03. The van der Waals surface area contributed by atoms with E-state index < -0.39 is 5.97 Å². The van der Waals surface area contributed by atoms with Gasteiger partial charge in [0.25, 0.3) is 0 Å². The van der Waals surface area contributed by atoms with Crippen molar-refractivity contribution in [2.75, 3.05) is 0 Å². The Balaban J connectivity index is 2.70. The van der Waals surface area contributed by atoms with Crippen LogP contribution in [0.2, 0.25) is 0 Å². The van der Waals surface area contributed by atoms with Gasteiger partial charge in [-0.25, -0.2) is 0 Å². The van der Waals surface area contributed by atoms with Gasteiger partial charge in [0.1, 0.15) is 0 Å². The number of rotatable bonds is 1. The van der Waals surface area contributed by atoms with Crippen molar-refractivity contribution in [2.24, 2.45) is 0 Å². The Bertz CT molecular complexity index is 615. The van der Waals surface area contributed by atoms with Crippen molar-refractivity contribution in [2.45, 2.75) is 13.8 Å². The molecule has 2 aromatic rings. The van der Waals surface area contributed by atoms with E-state index in [1.165, 1.54) is 18.4 Å². The summed E-state index contributed by atoms with van der Waals surface area (Å²) in [6.07, 6.45) is 1.55. The van der Waals surface area contributed by atoms with E-state index in [9.17, 15) is 9.59 Å². The van der Waals surface area contributed by atoms with Gasteiger partial charge in [0, 0.05) is 22.8 Å². The lowest BCUT2D eigenvalue weighted by atomic mass is 10.2. The first kappa shape index (κ1) is 12.1. The minimum absolute atomic E-state index is 0.116. The van der Waals surface area contributed by atoms with Gasteiger partial charge < -0.3 is 4.74 Å². The minimum atomic E-state index is -0.397. The molecule has 88 valence electrons. The zero-order valence-electron chi connectivity index (χ0n) is 9.36. The molecular weight excluding hydrogens is 333 g/mol. The van der Waals surface area contributed by atoms with Crippen LogP contribution in [0, 0.1) is 3.57 Å². The molecule has 0 fully saturated rings. The average molecular weight is 343 g/mol. The molecule has 2 rings (SSSR count). The van der Waals surface area contributed by atoms with E-state index in [0.29, 0.717) is 5.75 Å². The van der Waals surface area contributed by atoms with E-state index in [4.69, 9.17) is 4.74 Å². The Morgan fingerprint density at radius 1 is 1.29 bits per heavy atom. The molecule has 0 saturated heterocycles. The van der Waals surface area contributed by atoms with Crippen LogP contribution in [0.3, 0.4) is 0 Å². The number of halogens is 1. The van der Waals surface area contributed by atoms with Crippen molar-refractivity contribution in [3.63, 3.8) is 0 Å². The Labute approximate surface area is 112 Å². The minimum Gasteiger partial charge on any atom is -0.424 e. The smallest absolute Gasteiger partial charge is 0.308 e. The van der Waals surface area contributed by atoms with Gasteiger partial charge in [0.15, 0.2) is 5.75 Å². The van der Waals surface area contributed by atoms with Gasteiger partial charge in [0.05, 0.1) is 11.7 Å². The fourth-order valence-electron chi connectivity index (χ4n) is 1.67. The van der Waals surface area contributed by atoms with Crippen LogP contribution in [0.4, 0.5) is 0 Å². The van der Waals surface area contributed by atoms with Crippen LogP contribution < -0.4 is 4.74 Å².